The Bertz CT molecular complexity index is 795. The van der Waals surface area contributed by atoms with E-state index in [2.05, 4.69) is 32.4 Å². The van der Waals surface area contributed by atoms with Crippen molar-refractivity contribution in [2.24, 2.45) is 4.99 Å². The van der Waals surface area contributed by atoms with Gasteiger partial charge in [0.15, 0.2) is 5.96 Å². The van der Waals surface area contributed by atoms with Crippen LogP contribution in [-0.4, -0.2) is 67.2 Å². The number of guanidine groups is 1. The van der Waals surface area contributed by atoms with Gasteiger partial charge < -0.3 is 15.0 Å². The first kappa shape index (κ1) is 25.0. The molecule has 1 aromatic heterocycles. The first-order valence-electron chi connectivity index (χ1n) is 10.0. The molecule has 0 bridgehead atoms. The number of nitrogens with zero attached hydrogens (tertiary/aromatic N) is 4. The first-order chi connectivity index (χ1) is 14.1. The van der Waals surface area contributed by atoms with Crippen molar-refractivity contribution in [1.82, 2.24) is 20.1 Å². The minimum Gasteiger partial charge on any atom is -0.379 e. The van der Waals surface area contributed by atoms with Crippen molar-refractivity contribution in [3.8, 4) is 0 Å². The van der Waals surface area contributed by atoms with Crippen LogP contribution in [0, 0.1) is 12.7 Å². The lowest BCUT2D eigenvalue weighted by Crippen LogP contribution is -2.42. The van der Waals surface area contributed by atoms with Crippen molar-refractivity contribution in [2.75, 3.05) is 46.4 Å². The standard InChI is InChI=1S/C21H30FN5OS.HI/c1-4-23-21(26(3)14-19-15-29-16(2)25-19)24-13-20(27-9-11-28-12-10-27)17-5-7-18(22)8-6-17;/h5-8,15,20H,4,9-14H2,1-3H3,(H,23,24);1H. The van der Waals surface area contributed by atoms with E-state index < -0.39 is 0 Å². The van der Waals surface area contributed by atoms with Crippen LogP contribution in [0.5, 0.6) is 0 Å². The van der Waals surface area contributed by atoms with Crippen LogP contribution in [0.4, 0.5) is 4.39 Å². The van der Waals surface area contributed by atoms with Gasteiger partial charge in [0.1, 0.15) is 5.82 Å². The highest BCUT2D eigenvalue weighted by molar-refractivity contribution is 14.0. The smallest absolute Gasteiger partial charge is 0.194 e. The summed E-state index contributed by atoms with van der Waals surface area (Å²) in [6, 6.07) is 6.85. The van der Waals surface area contributed by atoms with E-state index in [1.165, 1.54) is 12.1 Å². The number of thiazole rings is 1. The SMILES string of the molecule is CCNC(=NCC(c1ccc(F)cc1)N1CCOCC1)N(C)Cc1csc(C)n1.I. The maximum absolute atomic E-state index is 13.4. The molecule has 30 heavy (non-hydrogen) atoms. The highest BCUT2D eigenvalue weighted by atomic mass is 127. The number of benzene rings is 1. The molecule has 0 spiro atoms. The van der Waals surface area contributed by atoms with E-state index in [0.29, 0.717) is 26.3 Å². The van der Waals surface area contributed by atoms with Gasteiger partial charge >= 0.3 is 0 Å². The summed E-state index contributed by atoms with van der Waals surface area (Å²) in [4.78, 5) is 13.9. The molecule has 3 rings (SSSR count). The predicted octanol–water partition coefficient (Wildman–Crippen LogP) is 3.68. The summed E-state index contributed by atoms with van der Waals surface area (Å²) in [5.74, 6) is 0.628. The summed E-state index contributed by atoms with van der Waals surface area (Å²) in [5, 5.41) is 6.53. The number of rotatable bonds is 7. The van der Waals surface area contributed by atoms with Gasteiger partial charge in [0.25, 0.3) is 0 Å². The third-order valence-corrected chi connectivity index (χ3v) is 5.74. The quantitative estimate of drug-likeness (QED) is 0.326. The van der Waals surface area contributed by atoms with Gasteiger partial charge in [0.05, 0.1) is 43.0 Å². The zero-order valence-electron chi connectivity index (χ0n) is 17.8. The number of aryl methyl sites for hydroxylation is 1. The summed E-state index contributed by atoms with van der Waals surface area (Å²) in [6.07, 6.45) is 0. The molecule has 1 aromatic carbocycles. The van der Waals surface area contributed by atoms with Gasteiger partial charge in [-0.2, -0.15) is 0 Å². The van der Waals surface area contributed by atoms with Crippen LogP contribution in [-0.2, 0) is 11.3 Å². The second-order valence-corrected chi connectivity index (χ2v) is 8.19. The fourth-order valence-corrected chi connectivity index (χ4v) is 4.05. The molecule has 2 aromatic rings. The molecule has 1 fully saturated rings. The summed E-state index contributed by atoms with van der Waals surface area (Å²) >= 11 is 1.66. The average molecular weight is 547 g/mol. The Labute approximate surface area is 199 Å². The van der Waals surface area contributed by atoms with Gasteiger partial charge in [0.2, 0.25) is 0 Å². The molecule has 1 saturated heterocycles. The van der Waals surface area contributed by atoms with E-state index >= 15 is 0 Å². The van der Waals surface area contributed by atoms with Crippen LogP contribution < -0.4 is 5.32 Å². The molecule has 0 radical (unpaired) electrons. The lowest BCUT2D eigenvalue weighted by molar-refractivity contribution is 0.0179. The number of aromatic nitrogens is 1. The Balaban J connectivity index is 0.00000320. The van der Waals surface area contributed by atoms with Gasteiger partial charge in [-0.25, -0.2) is 9.37 Å². The fourth-order valence-electron chi connectivity index (χ4n) is 3.45. The highest BCUT2D eigenvalue weighted by Gasteiger charge is 2.23. The van der Waals surface area contributed by atoms with Crippen LogP contribution in [0.1, 0.15) is 29.2 Å². The molecule has 2 heterocycles. The van der Waals surface area contributed by atoms with E-state index in [1.54, 1.807) is 11.3 Å². The van der Waals surface area contributed by atoms with Crippen molar-refractivity contribution in [3.63, 3.8) is 0 Å². The lowest BCUT2D eigenvalue weighted by atomic mass is 10.0. The number of halogens is 2. The molecule has 1 aliphatic rings. The Morgan fingerprint density at radius 1 is 1.33 bits per heavy atom. The molecule has 1 unspecified atom stereocenters. The largest absolute Gasteiger partial charge is 0.379 e. The summed E-state index contributed by atoms with van der Waals surface area (Å²) in [6.45, 7) is 9.29. The van der Waals surface area contributed by atoms with Crippen LogP contribution in [0.25, 0.3) is 0 Å². The molecule has 1 atom stereocenters. The van der Waals surface area contributed by atoms with Crippen molar-refractivity contribution in [2.45, 2.75) is 26.4 Å². The first-order valence-corrected chi connectivity index (χ1v) is 10.9. The number of aliphatic imine (C=N–C) groups is 1. The van der Waals surface area contributed by atoms with E-state index in [-0.39, 0.29) is 35.8 Å². The van der Waals surface area contributed by atoms with Gasteiger partial charge in [0, 0.05) is 32.1 Å². The third kappa shape index (κ3) is 7.14. The lowest BCUT2D eigenvalue weighted by Gasteiger charge is -2.34. The van der Waals surface area contributed by atoms with Crippen LogP contribution in [0.15, 0.2) is 34.6 Å². The predicted molar refractivity (Wildman–Crippen MR) is 131 cm³/mol. The minimum atomic E-state index is -0.218. The van der Waals surface area contributed by atoms with Gasteiger partial charge in [-0.15, -0.1) is 35.3 Å². The number of hydrogen-bond acceptors (Lipinski definition) is 5. The Morgan fingerprint density at radius 2 is 2.03 bits per heavy atom. The van der Waals surface area contributed by atoms with Crippen LogP contribution in [0.2, 0.25) is 0 Å². The Morgan fingerprint density at radius 3 is 2.63 bits per heavy atom. The highest BCUT2D eigenvalue weighted by Crippen LogP contribution is 2.23. The molecule has 6 nitrogen and oxygen atoms in total. The van der Waals surface area contributed by atoms with E-state index in [1.807, 2.05) is 26.1 Å². The summed E-state index contributed by atoms with van der Waals surface area (Å²) < 4.78 is 19.0. The van der Waals surface area contributed by atoms with E-state index in [0.717, 1.165) is 41.9 Å². The number of ether oxygens (including phenoxy) is 1. The molecule has 0 aliphatic carbocycles. The topological polar surface area (TPSA) is 53.0 Å². The molecule has 9 heteroatoms. The van der Waals surface area contributed by atoms with Crippen molar-refractivity contribution >= 4 is 41.3 Å². The maximum atomic E-state index is 13.4. The van der Waals surface area contributed by atoms with Crippen molar-refractivity contribution < 1.29 is 9.13 Å². The third-order valence-electron chi connectivity index (χ3n) is 4.92. The fraction of sp³-hybridized carbons (Fsp3) is 0.524. The molecule has 1 aliphatic heterocycles. The van der Waals surface area contributed by atoms with Crippen LogP contribution >= 0.6 is 35.3 Å². The van der Waals surface area contributed by atoms with Crippen molar-refractivity contribution in [1.29, 1.82) is 0 Å². The normalized spacial score (nSPS) is 16.1. The van der Waals surface area contributed by atoms with E-state index in [9.17, 15) is 4.39 Å². The number of morpholine rings is 1. The zero-order valence-corrected chi connectivity index (χ0v) is 21.0. The van der Waals surface area contributed by atoms with Crippen molar-refractivity contribution in [3.05, 3.63) is 51.7 Å². The Kier molecular flexibility index (Phi) is 10.4. The van der Waals surface area contributed by atoms with Crippen LogP contribution in [0.3, 0.4) is 0 Å². The summed E-state index contributed by atoms with van der Waals surface area (Å²) in [7, 11) is 2.03. The second-order valence-electron chi connectivity index (χ2n) is 7.12. The van der Waals surface area contributed by atoms with Gasteiger partial charge in [-0.3, -0.25) is 9.89 Å². The monoisotopic (exact) mass is 547 g/mol. The molecule has 0 saturated carbocycles. The molecular formula is C21H31FIN5OS. The molecule has 1 N–H and O–H groups in total. The number of hydrogen-bond donors (Lipinski definition) is 1. The maximum Gasteiger partial charge on any atom is 0.194 e. The van der Waals surface area contributed by atoms with E-state index in [4.69, 9.17) is 9.73 Å². The average Bonchev–Trinajstić information content (AvgIpc) is 3.14. The minimum absolute atomic E-state index is 0. The summed E-state index contributed by atoms with van der Waals surface area (Å²) in [5.41, 5.74) is 2.12. The van der Waals surface area contributed by atoms with Gasteiger partial charge in [-0.05, 0) is 31.5 Å². The molecular weight excluding hydrogens is 516 g/mol. The van der Waals surface area contributed by atoms with Gasteiger partial charge in [-0.1, -0.05) is 12.1 Å². The number of nitrogens with one attached hydrogen (secondary N) is 1. The molecule has 166 valence electrons. The zero-order chi connectivity index (χ0) is 20.6. The second kappa shape index (κ2) is 12.5. The Hall–Kier alpha value is -1.30. The molecule has 0 amide bonds.